The van der Waals surface area contributed by atoms with Gasteiger partial charge in [0, 0.05) is 6.04 Å². The van der Waals surface area contributed by atoms with Gasteiger partial charge in [-0.2, -0.15) is 0 Å². The minimum Gasteiger partial charge on any atom is -0.324 e. The predicted octanol–water partition coefficient (Wildman–Crippen LogP) is 5.94. The fourth-order valence-corrected chi connectivity index (χ4v) is 3.55. The van der Waals surface area contributed by atoms with E-state index in [1.807, 2.05) is 0 Å². The average Bonchev–Trinajstić information content (AvgIpc) is 2.49. The van der Waals surface area contributed by atoms with E-state index in [1.165, 1.54) is 57.8 Å². The molecule has 0 aliphatic heterocycles. The van der Waals surface area contributed by atoms with Gasteiger partial charge in [-0.3, -0.25) is 0 Å². The Hall–Kier alpha value is -0.300. The fourth-order valence-electron chi connectivity index (χ4n) is 3.55. The zero-order chi connectivity index (χ0) is 15.7. The van der Waals surface area contributed by atoms with Crippen LogP contribution in [0.15, 0.2) is 12.2 Å². The van der Waals surface area contributed by atoms with Gasteiger partial charge < -0.3 is 5.73 Å². The van der Waals surface area contributed by atoms with Crippen molar-refractivity contribution in [3.05, 3.63) is 12.2 Å². The van der Waals surface area contributed by atoms with Crippen LogP contribution >= 0.6 is 0 Å². The van der Waals surface area contributed by atoms with Crippen molar-refractivity contribution in [2.75, 3.05) is 0 Å². The van der Waals surface area contributed by atoms with Gasteiger partial charge in [0.1, 0.15) is 0 Å². The van der Waals surface area contributed by atoms with Gasteiger partial charge >= 0.3 is 0 Å². The van der Waals surface area contributed by atoms with Crippen LogP contribution < -0.4 is 5.73 Å². The number of hydrogen-bond donors (Lipinski definition) is 1. The summed E-state index contributed by atoms with van der Waals surface area (Å²) in [5.41, 5.74) is 6.11. The number of rotatable bonds is 9. The van der Waals surface area contributed by atoms with Crippen molar-refractivity contribution in [3.63, 3.8) is 0 Å². The monoisotopic (exact) mass is 293 g/mol. The normalized spacial score (nSPS) is 26.4. The summed E-state index contributed by atoms with van der Waals surface area (Å²) in [6, 6.07) is 0.224. The topological polar surface area (TPSA) is 26.0 Å². The van der Waals surface area contributed by atoms with Gasteiger partial charge in [-0.15, -0.1) is 0 Å². The van der Waals surface area contributed by atoms with Crippen LogP contribution in [0.3, 0.4) is 0 Å². The van der Waals surface area contributed by atoms with Crippen molar-refractivity contribution >= 4 is 0 Å². The minimum absolute atomic E-state index is 0.224. The van der Waals surface area contributed by atoms with Crippen molar-refractivity contribution in [1.29, 1.82) is 0 Å². The van der Waals surface area contributed by atoms with Gasteiger partial charge in [0.15, 0.2) is 0 Å². The molecule has 0 aromatic rings. The molecule has 1 heteroatoms. The molecule has 1 fully saturated rings. The molecule has 0 spiro atoms. The molecule has 1 nitrogen and oxygen atoms in total. The quantitative estimate of drug-likeness (QED) is 0.413. The van der Waals surface area contributed by atoms with Crippen LogP contribution in [0.2, 0.25) is 0 Å². The molecule has 0 saturated heterocycles. The number of allylic oxidation sites excluding steroid dienone is 1. The largest absolute Gasteiger partial charge is 0.324 e. The maximum Gasteiger partial charge on any atom is 0.0247 e. The highest BCUT2D eigenvalue weighted by Crippen LogP contribution is 2.36. The highest BCUT2D eigenvalue weighted by Gasteiger charge is 2.23. The molecule has 124 valence electrons. The first-order chi connectivity index (χ1) is 10.0. The number of nitrogens with two attached hydrogens (primary N) is 1. The van der Waals surface area contributed by atoms with Crippen molar-refractivity contribution in [2.24, 2.45) is 29.4 Å². The lowest BCUT2D eigenvalue weighted by molar-refractivity contribution is 0.226. The highest BCUT2D eigenvalue weighted by atomic mass is 14.6. The first kappa shape index (κ1) is 18.7. The van der Waals surface area contributed by atoms with Crippen LogP contribution in [0.1, 0.15) is 85.5 Å². The molecule has 0 aromatic carbocycles. The third-order valence-electron chi connectivity index (χ3n) is 5.51. The Kier molecular flexibility index (Phi) is 9.31. The van der Waals surface area contributed by atoms with Crippen LogP contribution in [-0.2, 0) is 0 Å². The van der Waals surface area contributed by atoms with Crippen LogP contribution in [0.25, 0.3) is 0 Å². The molecule has 2 atom stereocenters. The molecule has 0 radical (unpaired) electrons. The molecule has 1 aliphatic carbocycles. The van der Waals surface area contributed by atoms with E-state index in [0.29, 0.717) is 11.8 Å². The van der Waals surface area contributed by atoms with Gasteiger partial charge in [-0.05, 0) is 36.5 Å². The van der Waals surface area contributed by atoms with E-state index in [9.17, 15) is 0 Å². The molecule has 0 aromatic heterocycles. The lowest BCUT2D eigenvalue weighted by atomic mass is 9.75. The molecule has 2 N–H and O–H groups in total. The van der Waals surface area contributed by atoms with Crippen LogP contribution in [0, 0.1) is 23.7 Å². The van der Waals surface area contributed by atoms with E-state index in [-0.39, 0.29) is 6.04 Å². The van der Waals surface area contributed by atoms with E-state index in [0.717, 1.165) is 11.8 Å². The maximum atomic E-state index is 6.11. The fraction of sp³-hybridized carbons (Fsp3) is 0.900. The van der Waals surface area contributed by atoms with Gasteiger partial charge in [0.25, 0.3) is 0 Å². The maximum absolute atomic E-state index is 6.11. The number of unbranched alkanes of at least 4 members (excludes halogenated alkanes) is 3. The molecule has 21 heavy (non-hydrogen) atoms. The smallest absolute Gasteiger partial charge is 0.0247 e. The summed E-state index contributed by atoms with van der Waals surface area (Å²) in [5, 5.41) is 0. The third-order valence-corrected chi connectivity index (χ3v) is 5.51. The summed E-state index contributed by atoms with van der Waals surface area (Å²) in [4.78, 5) is 0. The Balaban J connectivity index is 2.22. The summed E-state index contributed by atoms with van der Waals surface area (Å²) in [6.45, 7) is 9.08. The molecule has 1 aliphatic rings. The second-order valence-electron chi connectivity index (χ2n) is 7.70. The summed E-state index contributed by atoms with van der Waals surface area (Å²) >= 11 is 0. The summed E-state index contributed by atoms with van der Waals surface area (Å²) in [7, 11) is 0. The zero-order valence-electron chi connectivity index (χ0n) is 15.0. The van der Waals surface area contributed by atoms with Gasteiger partial charge in [0.2, 0.25) is 0 Å². The van der Waals surface area contributed by atoms with Gasteiger partial charge in [0.05, 0.1) is 0 Å². The van der Waals surface area contributed by atoms with Gasteiger partial charge in [-0.25, -0.2) is 0 Å². The standard InChI is InChI=1S/C20H39N/c1-5-6-7-8-9-18-11-13-19(14-12-18)17(4)10-15-20(21)16(2)3/h10,15-20H,5-9,11-14,21H2,1-4H3/b15-10-/t17?,18-,19+,20?. The van der Waals surface area contributed by atoms with Crippen molar-refractivity contribution in [2.45, 2.75) is 91.5 Å². The second-order valence-corrected chi connectivity index (χ2v) is 7.70. The van der Waals surface area contributed by atoms with Crippen molar-refractivity contribution in [1.82, 2.24) is 0 Å². The molecular weight excluding hydrogens is 254 g/mol. The summed E-state index contributed by atoms with van der Waals surface area (Å²) < 4.78 is 0. The Labute approximate surface area is 133 Å². The van der Waals surface area contributed by atoms with E-state index < -0.39 is 0 Å². The Bertz CT molecular complexity index is 274. The number of hydrogen-bond acceptors (Lipinski definition) is 1. The van der Waals surface area contributed by atoms with E-state index in [4.69, 9.17) is 5.73 Å². The van der Waals surface area contributed by atoms with Gasteiger partial charge in [-0.1, -0.05) is 84.8 Å². The highest BCUT2D eigenvalue weighted by molar-refractivity contribution is 4.97. The molecule has 1 rings (SSSR count). The van der Waals surface area contributed by atoms with Crippen molar-refractivity contribution in [3.8, 4) is 0 Å². The second kappa shape index (κ2) is 10.4. The summed E-state index contributed by atoms with van der Waals surface area (Å²) in [6.07, 6.45) is 17.6. The molecule has 0 bridgehead atoms. The molecule has 2 unspecified atom stereocenters. The first-order valence-electron chi connectivity index (χ1n) is 9.48. The molecule has 1 saturated carbocycles. The predicted molar refractivity (Wildman–Crippen MR) is 95.3 cm³/mol. The Morgan fingerprint density at radius 1 is 0.952 bits per heavy atom. The first-order valence-corrected chi connectivity index (χ1v) is 9.48. The average molecular weight is 294 g/mol. The molecule has 0 heterocycles. The minimum atomic E-state index is 0.224. The Morgan fingerprint density at radius 2 is 1.62 bits per heavy atom. The third kappa shape index (κ3) is 7.49. The lowest BCUT2D eigenvalue weighted by Crippen LogP contribution is -2.24. The molecular formula is C20H39N. The van der Waals surface area contributed by atoms with Crippen molar-refractivity contribution < 1.29 is 0 Å². The van der Waals surface area contributed by atoms with E-state index in [1.54, 1.807) is 0 Å². The van der Waals surface area contributed by atoms with E-state index >= 15 is 0 Å². The SMILES string of the molecule is CCCCCC[C@H]1CC[C@@H](C(C)/C=C\C(N)C(C)C)CC1. The summed E-state index contributed by atoms with van der Waals surface area (Å²) in [5.74, 6) is 3.17. The lowest BCUT2D eigenvalue weighted by Gasteiger charge is -2.31. The van der Waals surface area contributed by atoms with Crippen LogP contribution in [0.4, 0.5) is 0 Å². The van der Waals surface area contributed by atoms with Crippen LogP contribution in [-0.4, -0.2) is 6.04 Å². The van der Waals surface area contributed by atoms with E-state index in [2.05, 4.69) is 39.8 Å². The Morgan fingerprint density at radius 3 is 2.19 bits per heavy atom. The van der Waals surface area contributed by atoms with Crippen LogP contribution in [0.5, 0.6) is 0 Å². The molecule has 0 amide bonds. The zero-order valence-corrected chi connectivity index (χ0v) is 15.0.